The SMILES string of the molecule is CC(C)C[C@@H](C(=O)NCCCOC(C)C)N1C(=O)N2CCc3c([nH]c4ccccc34)[C@@]2(C)C1=O. The van der Waals surface area contributed by atoms with Crippen LogP contribution in [0.5, 0.6) is 0 Å². The number of ether oxygens (including phenoxy) is 1. The number of carbonyl (C=O) groups excluding carboxylic acids is 3. The number of para-hydroxylation sites is 1. The van der Waals surface area contributed by atoms with Crippen molar-refractivity contribution in [2.24, 2.45) is 5.92 Å². The third-order valence-corrected chi connectivity index (χ3v) is 6.88. The van der Waals surface area contributed by atoms with Crippen LogP contribution in [0.3, 0.4) is 0 Å². The number of aromatic nitrogens is 1. The molecule has 8 heteroatoms. The Kier molecular flexibility index (Phi) is 6.71. The molecule has 8 nitrogen and oxygen atoms in total. The molecule has 1 fully saturated rings. The van der Waals surface area contributed by atoms with E-state index in [-0.39, 0.29) is 29.9 Å². The fourth-order valence-electron chi connectivity index (χ4n) is 5.19. The molecule has 2 aliphatic heterocycles. The zero-order chi connectivity index (χ0) is 24.6. The van der Waals surface area contributed by atoms with Crippen LogP contribution < -0.4 is 5.32 Å². The molecule has 2 aliphatic rings. The van der Waals surface area contributed by atoms with Crippen molar-refractivity contribution in [3.63, 3.8) is 0 Å². The highest BCUT2D eigenvalue weighted by atomic mass is 16.5. The van der Waals surface area contributed by atoms with E-state index in [1.165, 1.54) is 4.90 Å². The van der Waals surface area contributed by atoms with Gasteiger partial charge in [-0.25, -0.2) is 9.69 Å². The average molecular weight is 469 g/mol. The van der Waals surface area contributed by atoms with Crippen molar-refractivity contribution in [1.82, 2.24) is 20.1 Å². The molecule has 0 spiro atoms. The van der Waals surface area contributed by atoms with Gasteiger partial charge in [0.1, 0.15) is 6.04 Å². The van der Waals surface area contributed by atoms with Crippen molar-refractivity contribution in [2.75, 3.05) is 19.7 Å². The van der Waals surface area contributed by atoms with Crippen LogP contribution in [0.1, 0.15) is 58.7 Å². The molecule has 0 aliphatic carbocycles. The maximum absolute atomic E-state index is 13.9. The molecule has 2 atom stereocenters. The molecule has 1 aromatic heterocycles. The number of fused-ring (bicyclic) bond motifs is 5. The minimum Gasteiger partial charge on any atom is -0.379 e. The Morgan fingerprint density at radius 2 is 1.94 bits per heavy atom. The summed E-state index contributed by atoms with van der Waals surface area (Å²) in [6.45, 7) is 11.1. The predicted octanol–water partition coefficient (Wildman–Crippen LogP) is 3.55. The summed E-state index contributed by atoms with van der Waals surface area (Å²) >= 11 is 0. The molecule has 0 radical (unpaired) electrons. The highest BCUT2D eigenvalue weighted by molar-refractivity contribution is 6.11. The number of aromatic amines is 1. The zero-order valence-electron chi connectivity index (χ0n) is 20.8. The van der Waals surface area contributed by atoms with Gasteiger partial charge in [0.2, 0.25) is 5.91 Å². The Morgan fingerprint density at radius 3 is 2.65 bits per heavy atom. The maximum Gasteiger partial charge on any atom is 0.328 e. The van der Waals surface area contributed by atoms with Gasteiger partial charge < -0.3 is 19.9 Å². The molecule has 184 valence electrons. The molecule has 3 heterocycles. The lowest BCUT2D eigenvalue weighted by atomic mass is 9.87. The molecule has 0 unspecified atom stereocenters. The van der Waals surface area contributed by atoms with Crippen LogP contribution in [0.15, 0.2) is 24.3 Å². The Bertz CT molecular complexity index is 1090. The quantitative estimate of drug-likeness (QED) is 0.435. The van der Waals surface area contributed by atoms with Crippen LogP contribution in [0.4, 0.5) is 4.79 Å². The van der Waals surface area contributed by atoms with E-state index in [1.807, 2.05) is 52.0 Å². The van der Waals surface area contributed by atoms with Gasteiger partial charge in [0, 0.05) is 30.6 Å². The minimum absolute atomic E-state index is 0.134. The van der Waals surface area contributed by atoms with Crippen molar-refractivity contribution in [3.8, 4) is 0 Å². The van der Waals surface area contributed by atoms with E-state index < -0.39 is 11.6 Å². The maximum atomic E-state index is 13.9. The van der Waals surface area contributed by atoms with Gasteiger partial charge in [0.25, 0.3) is 5.91 Å². The molecule has 0 saturated carbocycles. The summed E-state index contributed by atoms with van der Waals surface area (Å²) in [5, 5.41) is 4.00. The fraction of sp³-hybridized carbons (Fsp3) is 0.577. The first-order valence-corrected chi connectivity index (χ1v) is 12.3. The number of amides is 4. The minimum atomic E-state index is -1.15. The molecule has 1 aromatic carbocycles. The second kappa shape index (κ2) is 9.41. The normalized spacial score (nSPS) is 20.9. The molecule has 1 saturated heterocycles. The Morgan fingerprint density at radius 1 is 1.21 bits per heavy atom. The average Bonchev–Trinajstić information content (AvgIpc) is 3.26. The standard InChI is InChI=1S/C26H36N4O4/c1-16(2)15-21(23(31)27-12-8-14-34-17(3)4)30-24(32)26(5)22-19(11-13-29(26)25(30)33)18-9-6-7-10-20(18)28-22/h6-7,9-10,16-17,21,28H,8,11-15H2,1-5H3,(H,27,31)/t21-,26-/m0/s1. The summed E-state index contributed by atoms with van der Waals surface area (Å²) in [5.74, 6) is -0.496. The summed E-state index contributed by atoms with van der Waals surface area (Å²) in [5.41, 5.74) is 1.64. The fourth-order valence-corrected chi connectivity index (χ4v) is 5.19. The number of hydrogen-bond donors (Lipinski definition) is 2. The number of nitrogens with one attached hydrogen (secondary N) is 2. The number of hydrogen-bond acceptors (Lipinski definition) is 4. The van der Waals surface area contributed by atoms with E-state index in [0.29, 0.717) is 39.0 Å². The Labute approximate surface area is 201 Å². The van der Waals surface area contributed by atoms with Crippen molar-refractivity contribution in [1.29, 1.82) is 0 Å². The number of imide groups is 1. The number of rotatable bonds is 9. The third kappa shape index (κ3) is 4.08. The first kappa shape index (κ1) is 24.3. The first-order valence-electron chi connectivity index (χ1n) is 12.3. The number of nitrogens with zero attached hydrogens (tertiary/aromatic N) is 2. The summed E-state index contributed by atoms with van der Waals surface area (Å²) < 4.78 is 5.54. The first-order chi connectivity index (χ1) is 16.2. The molecule has 4 rings (SSSR count). The lowest BCUT2D eigenvalue weighted by molar-refractivity contribution is -0.140. The van der Waals surface area contributed by atoms with Crippen LogP contribution in [-0.4, -0.2) is 64.5 Å². The number of H-pyrrole nitrogens is 1. The smallest absolute Gasteiger partial charge is 0.328 e. The Hall–Kier alpha value is -2.87. The van der Waals surface area contributed by atoms with E-state index in [0.717, 1.165) is 22.2 Å². The monoisotopic (exact) mass is 468 g/mol. The molecule has 34 heavy (non-hydrogen) atoms. The van der Waals surface area contributed by atoms with Gasteiger partial charge in [-0.1, -0.05) is 32.0 Å². The molecule has 2 N–H and O–H groups in total. The van der Waals surface area contributed by atoms with Gasteiger partial charge in [-0.15, -0.1) is 0 Å². The second-order valence-corrected chi connectivity index (χ2v) is 10.2. The van der Waals surface area contributed by atoms with Gasteiger partial charge in [0.05, 0.1) is 11.8 Å². The van der Waals surface area contributed by atoms with Crippen LogP contribution in [0, 0.1) is 5.92 Å². The molecule has 2 aromatic rings. The van der Waals surface area contributed by atoms with Crippen molar-refractivity contribution >= 4 is 28.7 Å². The Balaban J connectivity index is 1.60. The second-order valence-electron chi connectivity index (χ2n) is 10.2. The van der Waals surface area contributed by atoms with Crippen LogP contribution >= 0.6 is 0 Å². The van der Waals surface area contributed by atoms with Crippen molar-refractivity contribution < 1.29 is 19.1 Å². The topological polar surface area (TPSA) is 94.7 Å². The van der Waals surface area contributed by atoms with Crippen molar-refractivity contribution in [2.45, 2.75) is 71.6 Å². The van der Waals surface area contributed by atoms with E-state index in [9.17, 15) is 14.4 Å². The van der Waals surface area contributed by atoms with Crippen LogP contribution in [0.2, 0.25) is 0 Å². The largest absolute Gasteiger partial charge is 0.379 e. The van der Waals surface area contributed by atoms with Crippen molar-refractivity contribution in [3.05, 3.63) is 35.5 Å². The predicted molar refractivity (Wildman–Crippen MR) is 130 cm³/mol. The van der Waals surface area contributed by atoms with Gasteiger partial charge in [0.15, 0.2) is 5.54 Å². The van der Waals surface area contributed by atoms with Crippen LogP contribution in [-0.2, 0) is 26.3 Å². The molecule has 4 amide bonds. The lowest BCUT2D eigenvalue weighted by Gasteiger charge is -2.36. The van der Waals surface area contributed by atoms with Gasteiger partial charge >= 0.3 is 6.03 Å². The van der Waals surface area contributed by atoms with E-state index in [1.54, 1.807) is 11.8 Å². The number of carbonyl (C=O) groups is 3. The molecule has 0 bridgehead atoms. The lowest BCUT2D eigenvalue weighted by Crippen LogP contribution is -2.51. The summed E-state index contributed by atoms with van der Waals surface area (Å²) in [7, 11) is 0. The van der Waals surface area contributed by atoms with E-state index in [2.05, 4.69) is 10.3 Å². The third-order valence-electron chi connectivity index (χ3n) is 6.88. The van der Waals surface area contributed by atoms with Gasteiger partial charge in [-0.05, 0) is 57.6 Å². The zero-order valence-corrected chi connectivity index (χ0v) is 20.8. The number of urea groups is 1. The highest BCUT2D eigenvalue weighted by Crippen LogP contribution is 2.44. The number of benzene rings is 1. The highest BCUT2D eigenvalue weighted by Gasteiger charge is 2.60. The molecular weight excluding hydrogens is 432 g/mol. The van der Waals surface area contributed by atoms with E-state index in [4.69, 9.17) is 4.74 Å². The van der Waals surface area contributed by atoms with Gasteiger partial charge in [-0.3, -0.25) is 9.59 Å². The van der Waals surface area contributed by atoms with E-state index >= 15 is 0 Å². The van der Waals surface area contributed by atoms with Crippen LogP contribution in [0.25, 0.3) is 10.9 Å². The summed E-state index contributed by atoms with van der Waals surface area (Å²) in [4.78, 5) is 47.0. The summed E-state index contributed by atoms with van der Waals surface area (Å²) in [6, 6.07) is 6.73. The van der Waals surface area contributed by atoms with Gasteiger partial charge in [-0.2, -0.15) is 0 Å². The molecular formula is C26H36N4O4. The summed E-state index contributed by atoms with van der Waals surface area (Å²) in [6.07, 6.45) is 1.88.